The van der Waals surface area contributed by atoms with Crippen LogP contribution in [0.2, 0.25) is 0 Å². The number of nitrogens with zero attached hydrogens (tertiary/aromatic N) is 2. The van der Waals surface area contributed by atoms with Crippen LogP contribution in [-0.4, -0.2) is 28.4 Å². The summed E-state index contributed by atoms with van der Waals surface area (Å²) in [6.07, 6.45) is 4.11. The number of para-hydroxylation sites is 1. The summed E-state index contributed by atoms with van der Waals surface area (Å²) in [5, 5.41) is 14.0. The molecule has 0 fully saturated rings. The molecule has 1 heterocycles. The lowest BCUT2D eigenvalue weighted by atomic mass is 10.1. The van der Waals surface area contributed by atoms with Crippen molar-refractivity contribution in [2.45, 2.75) is 33.1 Å². The van der Waals surface area contributed by atoms with Gasteiger partial charge < -0.3 is 9.84 Å². The molecular weight excluding hydrogens is 308 g/mol. The van der Waals surface area contributed by atoms with Crippen molar-refractivity contribution >= 4 is 12.2 Å². The maximum absolute atomic E-state index is 12.1. The van der Waals surface area contributed by atoms with E-state index in [1.54, 1.807) is 18.2 Å². The van der Waals surface area contributed by atoms with Crippen LogP contribution >= 0.6 is 0 Å². The third-order valence-corrected chi connectivity index (χ3v) is 3.63. The number of aromatic hydroxyl groups is 1. The molecule has 2 rings (SSSR count). The molecule has 0 spiro atoms. The molecule has 0 aliphatic heterocycles. The molecule has 0 saturated heterocycles. The van der Waals surface area contributed by atoms with Gasteiger partial charge in [0, 0.05) is 16.8 Å². The zero-order chi connectivity index (χ0) is 17.5. The molecule has 0 aliphatic rings. The van der Waals surface area contributed by atoms with Crippen LogP contribution in [0.15, 0.2) is 28.1 Å². The molecule has 7 nitrogen and oxygen atoms in total. The lowest BCUT2D eigenvalue weighted by Gasteiger charge is -2.07. The SMILES string of the molecule is CCCCc1c(C)nc(NN=Cc2cccc(OC)c2O)[nH]c1=O. The van der Waals surface area contributed by atoms with E-state index in [9.17, 15) is 9.90 Å². The Morgan fingerprint density at radius 3 is 2.92 bits per heavy atom. The summed E-state index contributed by atoms with van der Waals surface area (Å²) in [6, 6.07) is 5.09. The second-order valence-electron chi connectivity index (χ2n) is 5.35. The average Bonchev–Trinajstić information content (AvgIpc) is 2.56. The number of nitrogens with one attached hydrogen (secondary N) is 2. The molecule has 0 atom stereocenters. The Morgan fingerprint density at radius 2 is 2.25 bits per heavy atom. The normalized spacial score (nSPS) is 11.0. The van der Waals surface area contributed by atoms with Crippen LogP contribution in [-0.2, 0) is 6.42 Å². The monoisotopic (exact) mass is 330 g/mol. The number of phenolic OH excluding ortho intramolecular Hbond substituents is 1. The molecule has 0 saturated carbocycles. The fourth-order valence-electron chi connectivity index (χ4n) is 2.28. The van der Waals surface area contributed by atoms with Gasteiger partial charge in [0.2, 0.25) is 5.95 Å². The number of aromatic amines is 1. The Hall–Kier alpha value is -2.83. The number of ether oxygens (including phenoxy) is 1. The van der Waals surface area contributed by atoms with Gasteiger partial charge >= 0.3 is 0 Å². The van der Waals surface area contributed by atoms with E-state index in [0.717, 1.165) is 12.8 Å². The molecule has 128 valence electrons. The molecule has 0 bridgehead atoms. The Balaban J connectivity index is 2.14. The van der Waals surface area contributed by atoms with Crippen LogP contribution < -0.4 is 15.7 Å². The fraction of sp³-hybridized carbons (Fsp3) is 0.353. The summed E-state index contributed by atoms with van der Waals surface area (Å²) in [6.45, 7) is 3.89. The molecule has 1 aromatic carbocycles. The third-order valence-electron chi connectivity index (χ3n) is 3.63. The van der Waals surface area contributed by atoms with Crippen molar-refractivity contribution in [3.05, 3.63) is 45.4 Å². The molecule has 0 aliphatic carbocycles. The first kappa shape index (κ1) is 17.5. The molecule has 0 radical (unpaired) electrons. The number of H-pyrrole nitrogens is 1. The van der Waals surface area contributed by atoms with Crippen molar-refractivity contribution in [1.29, 1.82) is 0 Å². The number of hydrazone groups is 1. The van der Waals surface area contributed by atoms with E-state index >= 15 is 0 Å². The van der Waals surface area contributed by atoms with Gasteiger partial charge in [-0.2, -0.15) is 5.10 Å². The van der Waals surface area contributed by atoms with E-state index in [2.05, 4.69) is 27.4 Å². The summed E-state index contributed by atoms with van der Waals surface area (Å²) in [5.74, 6) is 0.621. The minimum Gasteiger partial charge on any atom is -0.504 e. The predicted molar refractivity (Wildman–Crippen MR) is 94.1 cm³/mol. The number of hydrogen-bond acceptors (Lipinski definition) is 6. The van der Waals surface area contributed by atoms with Crippen LogP contribution in [0, 0.1) is 6.92 Å². The number of rotatable bonds is 7. The van der Waals surface area contributed by atoms with Crippen LogP contribution in [0.25, 0.3) is 0 Å². The minimum atomic E-state index is -0.155. The van der Waals surface area contributed by atoms with Crippen LogP contribution in [0.3, 0.4) is 0 Å². The van der Waals surface area contributed by atoms with Gasteiger partial charge in [-0.15, -0.1) is 0 Å². The lowest BCUT2D eigenvalue weighted by molar-refractivity contribution is 0.373. The number of unbranched alkanes of at least 4 members (excludes halogenated alkanes) is 1. The number of benzene rings is 1. The average molecular weight is 330 g/mol. The van der Waals surface area contributed by atoms with Crippen molar-refractivity contribution in [2.24, 2.45) is 5.10 Å². The van der Waals surface area contributed by atoms with Gasteiger partial charge in [-0.1, -0.05) is 19.4 Å². The largest absolute Gasteiger partial charge is 0.504 e. The van der Waals surface area contributed by atoms with Gasteiger partial charge in [-0.05, 0) is 31.9 Å². The summed E-state index contributed by atoms with van der Waals surface area (Å²) in [5.41, 5.74) is 4.40. The van der Waals surface area contributed by atoms with Gasteiger partial charge in [-0.25, -0.2) is 10.4 Å². The Morgan fingerprint density at radius 1 is 1.46 bits per heavy atom. The smallest absolute Gasteiger partial charge is 0.255 e. The molecule has 7 heteroatoms. The molecule has 1 aromatic heterocycles. The van der Waals surface area contributed by atoms with E-state index in [1.165, 1.54) is 13.3 Å². The van der Waals surface area contributed by atoms with E-state index in [4.69, 9.17) is 4.74 Å². The predicted octanol–water partition coefficient (Wildman–Crippen LogP) is 2.58. The molecule has 0 amide bonds. The second-order valence-corrected chi connectivity index (χ2v) is 5.35. The van der Waals surface area contributed by atoms with Gasteiger partial charge in [-0.3, -0.25) is 9.78 Å². The highest BCUT2D eigenvalue weighted by atomic mass is 16.5. The molecule has 2 aromatic rings. The number of aryl methyl sites for hydroxylation is 1. The molecule has 0 unspecified atom stereocenters. The highest BCUT2D eigenvalue weighted by molar-refractivity contribution is 5.85. The topological polar surface area (TPSA) is 99.6 Å². The fourth-order valence-corrected chi connectivity index (χ4v) is 2.28. The quantitative estimate of drug-likeness (QED) is 0.535. The minimum absolute atomic E-state index is 0.00176. The first-order valence-corrected chi connectivity index (χ1v) is 7.81. The van der Waals surface area contributed by atoms with Gasteiger partial charge in [0.1, 0.15) is 0 Å². The summed E-state index contributed by atoms with van der Waals surface area (Å²) < 4.78 is 5.04. The maximum Gasteiger partial charge on any atom is 0.255 e. The van der Waals surface area contributed by atoms with E-state index in [-0.39, 0.29) is 17.3 Å². The number of anilines is 1. The second kappa shape index (κ2) is 8.14. The Kier molecular flexibility index (Phi) is 5.95. The van der Waals surface area contributed by atoms with E-state index < -0.39 is 0 Å². The zero-order valence-electron chi connectivity index (χ0n) is 14.1. The molecule has 24 heavy (non-hydrogen) atoms. The van der Waals surface area contributed by atoms with Crippen LogP contribution in [0.5, 0.6) is 11.5 Å². The van der Waals surface area contributed by atoms with E-state index in [1.807, 2.05) is 6.92 Å². The summed E-state index contributed by atoms with van der Waals surface area (Å²) in [4.78, 5) is 19.1. The van der Waals surface area contributed by atoms with Gasteiger partial charge in [0.25, 0.3) is 5.56 Å². The lowest BCUT2D eigenvalue weighted by Crippen LogP contribution is -2.18. The van der Waals surface area contributed by atoms with Gasteiger partial charge in [0.15, 0.2) is 11.5 Å². The van der Waals surface area contributed by atoms with Crippen molar-refractivity contribution in [3.63, 3.8) is 0 Å². The highest BCUT2D eigenvalue weighted by Crippen LogP contribution is 2.27. The van der Waals surface area contributed by atoms with Crippen LogP contribution in [0.4, 0.5) is 5.95 Å². The Bertz CT molecular complexity index is 784. The third kappa shape index (κ3) is 4.13. The first-order chi connectivity index (χ1) is 11.6. The zero-order valence-corrected chi connectivity index (χ0v) is 14.1. The highest BCUT2D eigenvalue weighted by Gasteiger charge is 2.08. The van der Waals surface area contributed by atoms with Crippen molar-refractivity contribution in [3.8, 4) is 11.5 Å². The summed E-state index contributed by atoms with van der Waals surface area (Å²) in [7, 11) is 1.48. The molecule has 3 N–H and O–H groups in total. The summed E-state index contributed by atoms with van der Waals surface area (Å²) >= 11 is 0. The number of phenols is 1. The standard InChI is InChI=1S/C17H22N4O3/c1-4-5-8-13-11(2)19-17(20-16(13)23)21-18-10-12-7-6-9-14(24-3)15(12)22/h6-7,9-10,22H,4-5,8H2,1-3H3,(H2,19,20,21,23). The maximum atomic E-state index is 12.1. The number of methoxy groups -OCH3 is 1. The Labute approximate surface area is 140 Å². The van der Waals surface area contributed by atoms with Gasteiger partial charge in [0.05, 0.1) is 13.3 Å². The van der Waals surface area contributed by atoms with Crippen LogP contribution in [0.1, 0.15) is 36.6 Å². The first-order valence-electron chi connectivity index (χ1n) is 7.81. The molecular formula is C17H22N4O3. The number of aromatic nitrogens is 2. The van der Waals surface area contributed by atoms with Crippen molar-refractivity contribution < 1.29 is 9.84 Å². The van der Waals surface area contributed by atoms with Crippen molar-refractivity contribution in [1.82, 2.24) is 9.97 Å². The van der Waals surface area contributed by atoms with Crippen molar-refractivity contribution in [2.75, 3.05) is 12.5 Å². The van der Waals surface area contributed by atoms with E-state index in [0.29, 0.717) is 29.0 Å². The number of hydrogen-bond donors (Lipinski definition) is 3.